The van der Waals surface area contributed by atoms with Crippen LogP contribution in [0, 0.1) is 22.7 Å². The lowest BCUT2D eigenvalue weighted by atomic mass is 9.44. The summed E-state index contributed by atoms with van der Waals surface area (Å²) in [7, 11) is 0. The van der Waals surface area contributed by atoms with Crippen LogP contribution in [0.15, 0.2) is 72.3 Å². The Balaban J connectivity index is 0.965. The molecule has 1 heterocycles. The number of anilines is 1. The molecule has 4 amide bonds. The average Bonchev–Trinajstić information content (AvgIpc) is 3.80. The maximum Gasteiger partial charge on any atom is 0.304 e. The van der Waals surface area contributed by atoms with Gasteiger partial charge in [-0.3, -0.25) is 33.6 Å². The summed E-state index contributed by atoms with van der Waals surface area (Å²) < 4.78 is 46.9. The Morgan fingerprint density at radius 2 is 1.62 bits per heavy atom. The maximum atomic E-state index is 17.8. The van der Waals surface area contributed by atoms with Gasteiger partial charge >= 0.3 is 5.97 Å². The van der Waals surface area contributed by atoms with E-state index in [0.717, 1.165) is 17.2 Å². The summed E-state index contributed by atoms with van der Waals surface area (Å²) >= 11 is 3.92. The number of hydrogen-bond acceptors (Lipinski definition) is 12. The summed E-state index contributed by atoms with van der Waals surface area (Å²) in [5, 5.41) is 40.1. The van der Waals surface area contributed by atoms with Gasteiger partial charge in [0.05, 0.1) is 23.9 Å². The van der Waals surface area contributed by atoms with Crippen LogP contribution >= 0.6 is 12.6 Å². The maximum absolute atomic E-state index is 17.8. The van der Waals surface area contributed by atoms with Crippen LogP contribution in [0.3, 0.4) is 0 Å². The molecule has 2 unspecified atom stereocenters. The van der Waals surface area contributed by atoms with Gasteiger partial charge in [0.25, 0.3) is 0 Å². The summed E-state index contributed by atoms with van der Waals surface area (Å²) in [6, 6.07) is 12.4. The third-order valence-electron chi connectivity index (χ3n) is 15.1. The first kappa shape index (κ1) is 50.5. The molecule has 0 aromatic heterocycles. The molecule has 1 aliphatic heterocycles. The van der Waals surface area contributed by atoms with E-state index in [4.69, 9.17) is 14.6 Å². The van der Waals surface area contributed by atoms with Gasteiger partial charge in [0.1, 0.15) is 24.9 Å². The molecular formula is C49H58F2N4O12S. The molecule has 16 nitrogen and oxygen atoms in total. The average molecular weight is 965 g/mol. The van der Waals surface area contributed by atoms with Crippen molar-refractivity contribution in [3.8, 4) is 0 Å². The predicted octanol–water partition coefficient (Wildman–Crippen LogP) is 3.71. The molecule has 7 N–H and O–H groups in total. The van der Waals surface area contributed by atoms with Gasteiger partial charge in [0.2, 0.25) is 23.6 Å². The second-order valence-corrected chi connectivity index (χ2v) is 19.8. The number of Topliss-reactive ketones (excluding diaryl/α,β-unsaturated/α-hetero) is 1. The number of aliphatic hydroxyl groups excluding tert-OH is 2. The van der Waals surface area contributed by atoms with E-state index < -0.39 is 130 Å². The molecule has 2 aromatic rings. The molecule has 19 heteroatoms. The Labute approximate surface area is 397 Å². The lowest BCUT2D eigenvalue weighted by Crippen LogP contribution is -2.70. The first-order valence-corrected chi connectivity index (χ1v) is 23.2. The van der Waals surface area contributed by atoms with Crippen LogP contribution < -0.4 is 21.3 Å². The second kappa shape index (κ2) is 19.2. The van der Waals surface area contributed by atoms with Crippen molar-refractivity contribution in [2.24, 2.45) is 22.7 Å². The normalized spacial score (nSPS) is 33.0. The van der Waals surface area contributed by atoms with Crippen molar-refractivity contribution >= 4 is 59.5 Å². The van der Waals surface area contributed by atoms with Crippen molar-refractivity contribution in [3.05, 3.63) is 89.0 Å². The lowest BCUT2D eigenvalue weighted by molar-refractivity contribution is -0.235. The zero-order valence-corrected chi connectivity index (χ0v) is 39.2. The number of thiol groups is 1. The number of carboxylic acids is 1. The Morgan fingerprint density at radius 1 is 0.926 bits per heavy atom. The van der Waals surface area contributed by atoms with Gasteiger partial charge in [0.15, 0.2) is 29.1 Å². The summed E-state index contributed by atoms with van der Waals surface area (Å²) in [6.45, 7) is 7.11. The number of aliphatic carboxylic acids is 1. The minimum Gasteiger partial charge on any atom is -0.481 e. The van der Waals surface area contributed by atoms with Crippen molar-refractivity contribution in [1.29, 1.82) is 0 Å². The second-order valence-electron chi connectivity index (χ2n) is 19.2. The van der Waals surface area contributed by atoms with Crippen molar-refractivity contribution < 1.29 is 67.1 Å². The highest BCUT2D eigenvalue weighted by atomic mass is 32.1. The van der Waals surface area contributed by atoms with E-state index in [1.165, 1.54) is 32.9 Å². The van der Waals surface area contributed by atoms with Gasteiger partial charge in [-0.25, -0.2) is 8.78 Å². The van der Waals surface area contributed by atoms with Gasteiger partial charge in [0, 0.05) is 46.9 Å². The van der Waals surface area contributed by atoms with E-state index in [0.29, 0.717) is 11.3 Å². The molecule has 0 spiro atoms. The predicted molar refractivity (Wildman–Crippen MR) is 244 cm³/mol. The van der Waals surface area contributed by atoms with Gasteiger partial charge in [-0.15, -0.1) is 0 Å². The fraction of sp³-hybridized carbons (Fsp3) is 0.531. The smallest absolute Gasteiger partial charge is 0.304 e. The number of benzene rings is 2. The van der Waals surface area contributed by atoms with E-state index >= 15 is 8.78 Å². The van der Waals surface area contributed by atoms with E-state index in [2.05, 4.69) is 33.9 Å². The number of carbonyl (C=O) groups excluding carboxylic acids is 6. The molecule has 68 heavy (non-hydrogen) atoms. The first-order chi connectivity index (χ1) is 32.0. The van der Waals surface area contributed by atoms with E-state index in [-0.39, 0.29) is 43.7 Å². The lowest BCUT2D eigenvalue weighted by Gasteiger charge is -2.63. The molecule has 4 fully saturated rings. The van der Waals surface area contributed by atoms with Crippen LogP contribution in [-0.2, 0) is 43.0 Å². The third-order valence-corrected chi connectivity index (χ3v) is 15.6. The molecule has 2 aromatic carbocycles. The molecule has 0 radical (unpaired) electrons. The van der Waals surface area contributed by atoms with Crippen molar-refractivity contribution in [2.45, 2.75) is 126 Å². The number of ether oxygens (including phenoxy) is 2. The number of rotatable bonds is 16. The molecule has 3 saturated carbocycles. The number of carboxylic acid groups (broad SMARTS) is 1. The number of aliphatic hydroxyl groups is 2. The summed E-state index contributed by atoms with van der Waals surface area (Å²) in [5.74, 6) is -6.62. The minimum atomic E-state index is -2.36. The first-order valence-electron chi connectivity index (χ1n) is 22.7. The number of fused-ring (bicyclic) bond motifs is 7. The minimum absolute atomic E-state index is 0.00764. The topological polar surface area (TPSA) is 247 Å². The van der Waals surface area contributed by atoms with Crippen molar-refractivity contribution in [2.75, 3.05) is 18.5 Å². The largest absolute Gasteiger partial charge is 0.481 e. The molecule has 14 atom stereocenters. The van der Waals surface area contributed by atoms with Gasteiger partial charge in [-0.1, -0.05) is 56.3 Å². The van der Waals surface area contributed by atoms with E-state index in [9.17, 15) is 43.8 Å². The number of ketones is 2. The highest BCUT2D eigenvalue weighted by Crippen LogP contribution is 2.72. The van der Waals surface area contributed by atoms with Crippen LogP contribution in [0.4, 0.5) is 14.5 Å². The van der Waals surface area contributed by atoms with Crippen LogP contribution in [0.2, 0.25) is 0 Å². The number of nitrogens with one attached hydrogen (secondary N) is 4. The molecule has 1 saturated heterocycles. The quantitative estimate of drug-likeness (QED) is 0.112. The molecular weight excluding hydrogens is 907 g/mol. The van der Waals surface area contributed by atoms with Gasteiger partial charge in [-0.2, -0.15) is 12.6 Å². The monoisotopic (exact) mass is 964 g/mol. The standard InChI is InChI=1S/C49H58F2N4O12S/c1-24(29-7-6-8-30(17-29)55-43(64)26(3)54-42(63)25(2)53-40(60)14-16-52-44(65)36(68)21-41(61)62)27-9-11-28(12-10-27)45-66-39-20-32-33-19-35(50)34-18-31(57)13-15-46(34,4)48(33,51)37(58)22-47(32,5)49(39,67-45)38(59)23-56/h6-13,15,17-18,24-26,32-33,35-37,39,45,56,58,68H,14,16,19-23H2,1-5H3,(H,52,65)(H,53,60)(H,54,63)(H,55,64)(H,61,62)/t24-,25+,26+,32?,33+,35+,36?,37+,39-,45-,46+,47+,48+,49-/m1/s1. The zero-order chi connectivity index (χ0) is 49.7. The van der Waals surface area contributed by atoms with Crippen LogP contribution in [0.5, 0.6) is 0 Å². The Bertz CT molecular complexity index is 2440. The molecule has 0 bridgehead atoms. The summed E-state index contributed by atoms with van der Waals surface area (Å²) in [4.78, 5) is 87.2. The highest BCUT2D eigenvalue weighted by Gasteiger charge is 2.80. The fourth-order valence-electron chi connectivity index (χ4n) is 11.4. The number of alkyl halides is 2. The Hall–Kier alpha value is -5.34. The van der Waals surface area contributed by atoms with Crippen molar-refractivity contribution in [3.63, 3.8) is 0 Å². The Kier molecular flexibility index (Phi) is 14.3. The summed E-state index contributed by atoms with van der Waals surface area (Å²) in [5.41, 5.74) is -4.28. The van der Waals surface area contributed by atoms with E-state index in [1.807, 2.05) is 25.1 Å². The Morgan fingerprint density at radius 3 is 2.29 bits per heavy atom. The van der Waals surface area contributed by atoms with Crippen molar-refractivity contribution in [1.82, 2.24) is 16.0 Å². The molecule has 4 aliphatic carbocycles. The number of allylic oxidation sites excluding steroid dienone is 4. The van der Waals surface area contributed by atoms with Crippen LogP contribution in [0.25, 0.3) is 0 Å². The number of amides is 4. The van der Waals surface area contributed by atoms with Gasteiger partial charge in [-0.05, 0) is 86.9 Å². The van der Waals surface area contributed by atoms with Gasteiger partial charge < -0.3 is 46.1 Å². The molecule has 366 valence electrons. The number of hydrogen-bond donors (Lipinski definition) is 8. The number of carbonyl (C=O) groups is 7. The third kappa shape index (κ3) is 8.80. The fourth-order valence-corrected chi connectivity index (χ4v) is 11.7. The molecule has 7 rings (SSSR count). The van der Waals surface area contributed by atoms with E-state index in [1.54, 1.807) is 37.3 Å². The van der Waals surface area contributed by atoms with Crippen LogP contribution in [0.1, 0.15) is 95.6 Å². The zero-order valence-electron chi connectivity index (χ0n) is 38.3. The SMILES string of the molecule is C[C@H](c1ccc([C@@H]2O[C@@H]3CC4[C@@H]5C[C@H](F)C6=CC(=O)C=C[C@]6(C)[C@@]5(F)[C@@H](O)C[C@]4(C)[C@]3(C(=O)CO)O2)cc1)c1cccc(NC(=O)[C@H](C)NC(=O)[C@H](C)NC(=O)CCNC(=O)C(S)CC(=O)O)c1. The number of halogens is 2. The molecule has 5 aliphatic rings. The highest BCUT2D eigenvalue weighted by molar-refractivity contribution is 7.81. The summed E-state index contributed by atoms with van der Waals surface area (Å²) in [6.07, 6.45) is -2.77. The van der Waals surface area contributed by atoms with Crippen LogP contribution in [-0.4, -0.2) is 117 Å².